The highest BCUT2D eigenvalue weighted by atomic mass is 16.5. The molecule has 1 aromatic carbocycles. The van der Waals surface area contributed by atoms with Gasteiger partial charge in [-0.25, -0.2) is 9.97 Å². The van der Waals surface area contributed by atoms with Gasteiger partial charge in [0.25, 0.3) is 5.91 Å². The molecule has 2 N–H and O–H groups in total. The maximum Gasteiger partial charge on any atom is 0.256 e. The minimum atomic E-state index is -0.369. The number of hydrogen-bond acceptors (Lipinski definition) is 8. The van der Waals surface area contributed by atoms with Crippen LogP contribution < -0.4 is 15.4 Å². The summed E-state index contributed by atoms with van der Waals surface area (Å²) >= 11 is 0. The van der Waals surface area contributed by atoms with Crippen molar-refractivity contribution in [1.29, 1.82) is 0 Å². The Bertz CT molecular complexity index is 1180. The SMILES string of the molecule is O=C(CN1CCOCC1)Nc1cc(C(=O)Nc2cnc(-c3ccccn3)cn2)ccc1OC1CC1. The van der Waals surface area contributed by atoms with E-state index in [2.05, 4.69) is 25.6 Å². The van der Waals surface area contributed by atoms with Crippen LogP contribution in [0.15, 0.2) is 55.0 Å². The second-order valence-electron chi connectivity index (χ2n) is 8.42. The molecule has 180 valence electrons. The zero-order chi connectivity index (χ0) is 24.0. The molecule has 2 amide bonds. The lowest BCUT2D eigenvalue weighted by Crippen LogP contribution is -2.41. The molecule has 2 fully saturated rings. The van der Waals surface area contributed by atoms with Crippen molar-refractivity contribution in [3.05, 3.63) is 60.6 Å². The molecular formula is C25H26N6O4. The zero-order valence-corrected chi connectivity index (χ0v) is 19.1. The number of pyridine rings is 1. The summed E-state index contributed by atoms with van der Waals surface area (Å²) in [7, 11) is 0. The Hall–Kier alpha value is -3.89. The van der Waals surface area contributed by atoms with Crippen molar-refractivity contribution in [3.8, 4) is 17.1 Å². The van der Waals surface area contributed by atoms with Crippen molar-refractivity contribution in [2.24, 2.45) is 0 Å². The Labute approximate surface area is 202 Å². The smallest absolute Gasteiger partial charge is 0.256 e. The Morgan fingerprint density at radius 3 is 2.57 bits per heavy atom. The first-order chi connectivity index (χ1) is 17.1. The molecule has 0 radical (unpaired) electrons. The van der Waals surface area contributed by atoms with Crippen LogP contribution in [0.1, 0.15) is 23.2 Å². The van der Waals surface area contributed by atoms with Crippen LogP contribution in [0.3, 0.4) is 0 Å². The molecule has 2 aliphatic rings. The van der Waals surface area contributed by atoms with Crippen molar-refractivity contribution in [2.75, 3.05) is 43.5 Å². The molecule has 3 heterocycles. The van der Waals surface area contributed by atoms with Gasteiger partial charge in [0.2, 0.25) is 5.91 Å². The first-order valence-electron chi connectivity index (χ1n) is 11.6. The molecule has 0 bridgehead atoms. The molecule has 1 saturated carbocycles. The molecule has 1 saturated heterocycles. The minimum absolute atomic E-state index is 0.150. The number of ether oxygens (including phenoxy) is 2. The van der Waals surface area contributed by atoms with Crippen LogP contribution in [0.2, 0.25) is 0 Å². The first-order valence-corrected chi connectivity index (χ1v) is 11.6. The van der Waals surface area contributed by atoms with Crippen molar-refractivity contribution in [3.63, 3.8) is 0 Å². The summed E-state index contributed by atoms with van der Waals surface area (Å²) in [6, 6.07) is 10.5. The van der Waals surface area contributed by atoms with Crippen LogP contribution in [-0.2, 0) is 9.53 Å². The first kappa shape index (κ1) is 22.9. The number of benzene rings is 1. The third-order valence-electron chi connectivity index (χ3n) is 5.63. The van der Waals surface area contributed by atoms with Gasteiger partial charge >= 0.3 is 0 Å². The van der Waals surface area contributed by atoms with Gasteiger partial charge < -0.3 is 20.1 Å². The predicted octanol–water partition coefficient (Wildman–Crippen LogP) is 2.60. The molecule has 0 spiro atoms. The van der Waals surface area contributed by atoms with Gasteiger partial charge in [-0.15, -0.1) is 0 Å². The largest absolute Gasteiger partial charge is 0.488 e. The third kappa shape index (κ3) is 6.17. The Kier molecular flexibility index (Phi) is 6.92. The van der Waals surface area contributed by atoms with E-state index in [0.29, 0.717) is 60.5 Å². The number of rotatable bonds is 8. The van der Waals surface area contributed by atoms with Crippen molar-refractivity contribution in [1.82, 2.24) is 19.9 Å². The Morgan fingerprint density at radius 2 is 1.86 bits per heavy atom. The summed E-state index contributed by atoms with van der Waals surface area (Å²) < 4.78 is 11.3. The minimum Gasteiger partial charge on any atom is -0.488 e. The standard InChI is InChI=1S/C25H26N6O4/c32-24(16-31-9-11-34-12-10-31)29-20-13-17(4-7-22(20)35-18-5-6-18)25(33)30-23-15-27-21(14-28-23)19-3-1-2-8-26-19/h1-4,7-8,13-15,18H,5-6,9-12,16H2,(H,29,32)(H,28,30,33). The summed E-state index contributed by atoms with van der Waals surface area (Å²) in [4.78, 5) is 40.5. The number of morpholine rings is 1. The van der Waals surface area contributed by atoms with Crippen molar-refractivity contribution < 1.29 is 19.1 Å². The van der Waals surface area contributed by atoms with E-state index in [1.165, 1.54) is 6.20 Å². The highest BCUT2D eigenvalue weighted by Gasteiger charge is 2.25. The number of carbonyl (C=O) groups excluding carboxylic acids is 2. The van der Waals surface area contributed by atoms with Crippen molar-refractivity contribution >= 4 is 23.3 Å². The van der Waals surface area contributed by atoms with Crippen molar-refractivity contribution in [2.45, 2.75) is 18.9 Å². The number of aromatic nitrogens is 3. The van der Waals surface area contributed by atoms with E-state index in [-0.39, 0.29) is 24.5 Å². The van der Waals surface area contributed by atoms with Crippen LogP contribution in [0, 0.1) is 0 Å². The number of nitrogens with zero attached hydrogens (tertiary/aromatic N) is 4. The maximum atomic E-state index is 12.9. The summed E-state index contributed by atoms with van der Waals surface area (Å²) in [5.74, 6) is 0.331. The summed E-state index contributed by atoms with van der Waals surface area (Å²) in [6.07, 6.45) is 6.84. The quantitative estimate of drug-likeness (QED) is 0.512. The van der Waals surface area contributed by atoms with Gasteiger partial charge in [0.15, 0.2) is 5.82 Å². The fourth-order valence-corrected chi connectivity index (χ4v) is 3.62. The van der Waals surface area contributed by atoms with E-state index in [1.54, 1.807) is 30.6 Å². The van der Waals surface area contributed by atoms with E-state index in [0.717, 1.165) is 12.8 Å². The highest BCUT2D eigenvalue weighted by Crippen LogP contribution is 2.33. The number of hydrogen-bond donors (Lipinski definition) is 2. The average molecular weight is 475 g/mol. The monoisotopic (exact) mass is 474 g/mol. The third-order valence-corrected chi connectivity index (χ3v) is 5.63. The number of anilines is 2. The molecule has 1 aliphatic carbocycles. The van der Waals surface area contributed by atoms with Gasteiger partial charge in [-0.05, 0) is 43.2 Å². The predicted molar refractivity (Wildman–Crippen MR) is 129 cm³/mol. The Morgan fingerprint density at radius 1 is 1.00 bits per heavy atom. The molecule has 0 unspecified atom stereocenters. The van der Waals surface area contributed by atoms with Crippen LogP contribution >= 0.6 is 0 Å². The Balaban J connectivity index is 1.27. The number of carbonyl (C=O) groups is 2. The van der Waals surface area contributed by atoms with Gasteiger partial charge in [0.1, 0.15) is 11.4 Å². The molecular weight excluding hydrogens is 448 g/mol. The summed E-state index contributed by atoms with van der Waals surface area (Å²) in [6.45, 7) is 2.90. The highest BCUT2D eigenvalue weighted by molar-refractivity contribution is 6.05. The lowest BCUT2D eigenvalue weighted by molar-refractivity contribution is -0.118. The van der Waals surface area contributed by atoms with E-state index in [1.807, 2.05) is 23.1 Å². The van der Waals surface area contributed by atoms with Crippen LogP contribution in [-0.4, -0.2) is 70.6 Å². The average Bonchev–Trinajstić information content (AvgIpc) is 3.71. The lowest BCUT2D eigenvalue weighted by atomic mass is 10.1. The van der Waals surface area contributed by atoms with E-state index >= 15 is 0 Å². The maximum absolute atomic E-state index is 12.9. The molecule has 1 aliphatic heterocycles. The van der Waals surface area contributed by atoms with Crippen LogP contribution in [0.5, 0.6) is 5.75 Å². The van der Waals surface area contributed by atoms with Gasteiger partial charge in [-0.3, -0.25) is 19.5 Å². The molecule has 2 aromatic heterocycles. The molecule has 3 aromatic rings. The van der Waals surface area contributed by atoms with E-state index < -0.39 is 0 Å². The molecule has 10 nitrogen and oxygen atoms in total. The van der Waals surface area contributed by atoms with Gasteiger partial charge in [-0.1, -0.05) is 6.07 Å². The fourth-order valence-electron chi connectivity index (χ4n) is 3.62. The van der Waals surface area contributed by atoms with Gasteiger partial charge in [-0.2, -0.15) is 0 Å². The lowest BCUT2D eigenvalue weighted by Gasteiger charge is -2.26. The summed E-state index contributed by atoms with van der Waals surface area (Å²) in [5, 5.41) is 5.66. The topological polar surface area (TPSA) is 119 Å². The molecule has 35 heavy (non-hydrogen) atoms. The second kappa shape index (κ2) is 10.6. The van der Waals surface area contributed by atoms with Gasteiger partial charge in [0, 0.05) is 24.8 Å². The number of amides is 2. The van der Waals surface area contributed by atoms with Gasteiger partial charge in [0.05, 0.1) is 49.6 Å². The fraction of sp³-hybridized carbons (Fsp3) is 0.320. The van der Waals surface area contributed by atoms with Crippen LogP contribution in [0.25, 0.3) is 11.4 Å². The summed E-state index contributed by atoms with van der Waals surface area (Å²) in [5.41, 5.74) is 2.14. The number of nitrogens with one attached hydrogen (secondary N) is 2. The van der Waals surface area contributed by atoms with Crippen LogP contribution in [0.4, 0.5) is 11.5 Å². The zero-order valence-electron chi connectivity index (χ0n) is 19.1. The molecule has 10 heteroatoms. The molecule has 0 atom stereocenters. The van der Waals surface area contributed by atoms with E-state index in [9.17, 15) is 9.59 Å². The van der Waals surface area contributed by atoms with E-state index in [4.69, 9.17) is 9.47 Å². The molecule has 5 rings (SSSR count). The normalized spacial score (nSPS) is 15.9. The second-order valence-corrected chi connectivity index (χ2v) is 8.42.